The SMILES string of the molecule is O=C(NCc1nnc2ccccn12)[C@H](Cc1ccccc1)NS(=O)(=O)c1ccc2c(c1)OCCO2. The van der Waals surface area contributed by atoms with Gasteiger partial charge in [-0.05, 0) is 36.2 Å². The Morgan fingerprint density at radius 1 is 0.971 bits per heavy atom. The second-order valence-corrected chi connectivity index (χ2v) is 9.65. The first-order valence-corrected chi connectivity index (χ1v) is 12.5. The molecule has 10 nitrogen and oxygen atoms in total. The van der Waals surface area contributed by atoms with Crippen LogP contribution in [0.4, 0.5) is 0 Å². The third-order valence-corrected chi connectivity index (χ3v) is 6.99. The maximum Gasteiger partial charge on any atom is 0.241 e. The minimum absolute atomic E-state index is 0.0175. The highest BCUT2D eigenvalue weighted by molar-refractivity contribution is 7.89. The van der Waals surface area contributed by atoms with Crippen molar-refractivity contribution in [2.24, 2.45) is 0 Å². The zero-order valence-electron chi connectivity index (χ0n) is 18.6. The summed E-state index contributed by atoms with van der Waals surface area (Å²) in [5.41, 5.74) is 1.46. The third kappa shape index (κ3) is 5.10. The molecule has 0 radical (unpaired) electrons. The molecular formula is C24H23N5O5S. The Balaban J connectivity index is 1.36. The highest BCUT2D eigenvalue weighted by Gasteiger charge is 2.27. The molecule has 1 amide bonds. The van der Waals surface area contributed by atoms with Crippen LogP contribution in [-0.2, 0) is 27.8 Å². The van der Waals surface area contributed by atoms with Gasteiger partial charge in [-0.2, -0.15) is 4.72 Å². The van der Waals surface area contributed by atoms with Crippen molar-refractivity contribution in [1.29, 1.82) is 0 Å². The van der Waals surface area contributed by atoms with E-state index in [1.807, 2.05) is 42.5 Å². The Kier molecular flexibility index (Phi) is 6.34. The van der Waals surface area contributed by atoms with Crippen molar-refractivity contribution in [3.05, 3.63) is 84.3 Å². The summed E-state index contributed by atoms with van der Waals surface area (Å²) in [7, 11) is -4.04. The van der Waals surface area contributed by atoms with Gasteiger partial charge in [0.1, 0.15) is 19.3 Å². The highest BCUT2D eigenvalue weighted by Crippen LogP contribution is 2.32. The van der Waals surface area contributed by atoms with Crippen molar-refractivity contribution in [3.63, 3.8) is 0 Å². The first-order valence-electron chi connectivity index (χ1n) is 11.0. The Labute approximate surface area is 202 Å². The average Bonchev–Trinajstić information content (AvgIpc) is 3.30. The van der Waals surface area contributed by atoms with Gasteiger partial charge in [0.05, 0.1) is 11.4 Å². The number of carbonyl (C=O) groups excluding carboxylic acids is 1. The number of ether oxygens (including phenoxy) is 2. The van der Waals surface area contributed by atoms with Crippen molar-refractivity contribution < 1.29 is 22.7 Å². The molecule has 0 fully saturated rings. The molecule has 2 aromatic heterocycles. The number of amides is 1. The van der Waals surface area contributed by atoms with Gasteiger partial charge >= 0.3 is 0 Å². The predicted molar refractivity (Wildman–Crippen MR) is 127 cm³/mol. The van der Waals surface area contributed by atoms with E-state index in [1.54, 1.807) is 22.7 Å². The fourth-order valence-electron chi connectivity index (χ4n) is 3.78. The number of hydrogen-bond donors (Lipinski definition) is 2. The molecule has 0 saturated heterocycles. The lowest BCUT2D eigenvalue weighted by Gasteiger charge is -2.21. The molecule has 180 valence electrons. The van der Waals surface area contributed by atoms with Crippen LogP contribution < -0.4 is 19.5 Å². The van der Waals surface area contributed by atoms with E-state index in [0.717, 1.165) is 5.56 Å². The van der Waals surface area contributed by atoms with Gasteiger partial charge in [0.25, 0.3) is 0 Å². The summed E-state index contributed by atoms with van der Waals surface area (Å²) in [5.74, 6) is 0.876. The number of nitrogens with one attached hydrogen (secondary N) is 2. The first-order chi connectivity index (χ1) is 17.0. The van der Waals surface area contributed by atoms with E-state index in [2.05, 4.69) is 20.2 Å². The smallest absolute Gasteiger partial charge is 0.241 e. The van der Waals surface area contributed by atoms with Gasteiger partial charge in [0, 0.05) is 12.3 Å². The van der Waals surface area contributed by atoms with Crippen LogP contribution in [0.2, 0.25) is 0 Å². The maximum atomic E-state index is 13.2. The van der Waals surface area contributed by atoms with Crippen molar-refractivity contribution in [2.45, 2.75) is 23.9 Å². The molecular weight excluding hydrogens is 470 g/mol. The van der Waals surface area contributed by atoms with Crippen LogP contribution in [-0.4, -0.2) is 48.2 Å². The standard InChI is InChI=1S/C24H23N5O5S/c30-24(25-16-23-27-26-22-8-4-5-11-29(22)23)19(14-17-6-2-1-3-7-17)28-35(31,32)18-9-10-20-21(15-18)34-13-12-33-20/h1-11,15,19,28H,12-14,16H2,(H,25,30)/t19-/m0/s1. The fraction of sp³-hybridized carbons (Fsp3) is 0.208. The van der Waals surface area contributed by atoms with Crippen LogP contribution in [0.5, 0.6) is 11.5 Å². The lowest BCUT2D eigenvalue weighted by molar-refractivity contribution is -0.122. The van der Waals surface area contributed by atoms with Gasteiger partial charge in [-0.1, -0.05) is 36.4 Å². The fourth-order valence-corrected chi connectivity index (χ4v) is 5.00. The van der Waals surface area contributed by atoms with Gasteiger partial charge in [-0.15, -0.1) is 10.2 Å². The lowest BCUT2D eigenvalue weighted by atomic mass is 10.1. The van der Waals surface area contributed by atoms with E-state index in [0.29, 0.717) is 36.2 Å². The zero-order chi connectivity index (χ0) is 24.3. The van der Waals surface area contributed by atoms with Crippen LogP contribution in [0.3, 0.4) is 0 Å². The number of fused-ring (bicyclic) bond motifs is 2. The van der Waals surface area contributed by atoms with E-state index in [1.165, 1.54) is 12.1 Å². The number of aromatic nitrogens is 3. The summed E-state index contributed by atoms with van der Waals surface area (Å²) >= 11 is 0. The molecule has 1 aliphatic rings. The number of rotatable bonds is 8. The molecule has 0 unspecified atom stereocenters. The monoisotopic (exact) mass is 493 g/mol. The largest absolute Gasteiger partial charge is 0.486 e. The van der Waals surface area contributed by atoms with E-state index >= 15 is 0 Å². The van der Waals surface area contributed by atoms with Crippen LogP contribution in [0.25, 0.3) is 5.65 Å². The number of carbonyl (C=O) groups is 1. The molecule has 0 bridgehead atoms. The molecule has 0 aliphatic carbocycles. The van der Waals surface area contributed by atoms with Gasteiger partial charge in [-0.25, -0.2) is 8.42 Å². The minimum Gasteiger partial charge on any atom is -0.486 e. The first kappa shape index (κ1) is 22.8. The summed E-state index contributed by atoms with van der Waals surface area (Å²) in [4.78, 5) is 13.2. The lowest BCUT2D eigenvalue weighted by Crippen LogP contribution is -2.47. The molecule has 3 heterocycles. The zero-order valence-corrected chi connectivity index (χ0v) is 19.4. The number of nitrogens with zero attached hydrogens (tertiary/aromatic N) is 3. The summed E-state index contributed by atoms with van der Waals surface area (Å²) < 4.78 is 41.7. The van der Waals surface area contributed by atoms with Crippen molar-refractivity contribution in [1.82, 2.24) is 24.6 Å². The summed E-state index contributed by atoms with van der Waals surface area (Å²) in [6.45, 7) is 0.819. The molecule has 0 saturated carbocycles. The Morgan fingerprint density at radius 3 is 2.57 bits per heavy atom. The highest BCUT2D eigenvalue weighted by atomic mass is 32.2. The topological polar surface area (TPSA) is 124 Å². The molecule has 11 heteroatoms. The van der Waals surface area contributed by atoms with E-state index in [4.69, 9.17) is 9.47 Å². The Hall–Kier alpha value is -3.96. The van der Waals surface area contributed by atoms with Crippen molar-refractivity contribution in [2.75, 3.05) is 13.2 Å². The quantitative estimate of drug-likeness (QED) is 0.383. The minimum atomic E-state index is -4.04. The predicted octanol–water partition coefficient (Wildman–Crippen LogP) is 1.71. The van der Waals surface area contributed by atoms with Crippen LogP contribution >= 0.6 is 0 Å². The van der Waals surface area contributed by atoms with Gasteiger partial charge in [0.15, 0.2) is 23.0 Å². The molecule has 5 rings (SSSR count). The molecule has 2 N–H and O–H groups in total. The molecule has 35 heavy (non-hydrogen) atoms. The van der Waals surface area contributed by atoms with Crippen LogP contribution in [0.1, 0.15) is 11.4 Å². The second-order valence-electron chi connectivity index (χ2n) is 7.93. The average molecular weight is 494 g/mol. The van der Waals surface area contributed by atoms with Gasteiger partial charge < -0.3 is 14.8 Å². The molecule has 1 aliphatic heterocycles. The van der Waals surface area contributed by atoms with Crippen molar-refractivity contribution >= 4 is 21.6 Å². The Bertz CT molecular complexity index is 1460. The number of sulfonamides is 1. The normalized spacial score (nSPS) is 13.9. The van der Waals surface area contributed by atoms with Gasteiger partial charge in [-0.3, -0.25) is 9.20 Å². The second kappa shape index (κ2) is 9.72. The number of pyridine rings is 1. The summed E-state index contributed by atoms with van der Waals surface area (Å²) in [6, 6.07) is 18.0. The van der Waals surface area contributed by atoms with Crippen LogP contribution in [0.15, 0.2) is 77.8 Å². The van der Waals surface area contributed by atoms with Crippen molar-refractivity contribution in [3.8, 4) is 11.5 Å². The maximum absolute atomic E-state index is 13.2. The number of hydrogen-bond acceptors (Lipinski definition) is 7. The van der Waals surface area contributed by atoms with E-state index in [9.17, 15) is 13.2 Å². The molecule has 0 spiro atoms. The number of benzene rings is 2. The third-order valence-electron chi connectivity index (χ3n) is 5.53. The summed E-state index contributed by atoms with van der Waals surface area (Å²) in [5, 5.41) is 11.0. The Morgan fingerprint density at radius 2 is 1.74 bits per heavy atom. The van der Waals surface area contributed by atoms with E-state index in [-0.39, 0.29) is 17.9 Å². The summed E-state index contributed by atoms with van der Waals surface area (Å²) in [6.07, 6.45) is 1.96. The van der Waals surface area contributed by atoms with Gasteiger partial charge in [0.2, 0.25) is 15.9 Å². The molecule has 1 atom stereocenters. The van der Waals surface area contributed by atoms with E-state index < -0.39 is 22.0 Å². The molecule has 4 aromatic rings. The molecule has 2 aromatic carbocycles. The van der Waals surface area contributed by atoms with Crippen LogP contribution in [0, 0.1) is 0 Å².